The number of aryl methyl sites for hydroxylation is 1. The molecule has 1 heterocycles. The van der Waals surface area contributed by atoms with Crippen LogP contribution in [-0.2, 0) is 4.79 Å². The van der Waals surface area contributed by atoms with Gasteiger partial charge in [0.2, 0.25) is 5.91 Å². The normalized spacial score (nSPS) is 10.3. The summed E-state index contributed by atoms with van der Waals surface area (Å²) in [6, 6.07) is 5.76. The molecule has 3 nitrogen and oxygen atoms in total. The van der Waals surface area contributed by atoms with E-state index in [0.717, 1.165) is 26.5 Å². The zero-order valence-electron chi connectivity index (χ0n) is 10.1. The molecule has 0 aliphatic heterocycles. The molecule has 0 aliphatic rings. The first kappa shape index (κ1) is 11.8. The Labute approximate surface area is 104 Å². The summed E-state index contributed by atoms with van der Waals surface area (Å²) in [5.74, 6) is -0.0920. The molecule has 17 heavy (non-hydrogen) atoms. The highest BCUT2D eigenvalue weighted by molar-refractivity contribution is 7.18. The first-order valence-corrected chi connectivity index (χ1v) is 6.19. The predicted octanol–water partition coefficient (Wildman–Crippen LogP) is 3.51. The van der Waals surface area contributed by atoms with Crippen molar-refractivity contribution in [2.45, 2.75) is 20.8 Å². The molecule has 88 valence electrons. The number of hydrogen-bond donors (Lipinski definition) is 1. The maximum atomic E-state index is 11.6. The Balaban J connectivity index is 2.25. The number of nitrogens with one attached hydrogen (secondary N) is 1. The maximum Gasteiger partial charge on any atom is 0.248 e. The van der Waals surface area contributed by atoms with E-state index in [9.17, 15) is 4.79 Å². The third kappa shape index (κ3) is 2.91. The molecule has 0 radical (unpaired) electrons. The summed E-state index contributed by atoms with van der Waals surface area (Å²) < 4.78 is 1.09. The van der Waals surface area contributed by atoms with Crippen LogP contribution in [0.1, 0.15) is 18.9 Å². The van der Waals surface area contributed by atoms with Gasteiger partial charge in [-0.05, 0) is 39.0 Å². The van der Waals surface area contributed by atoms with Crippen LogP contribution in [0.2, 0.25) is 0 Å². The van der Waals surface area contributed by atoms with E-state index >= 15 is 0 Å². The average molecular weight is 246 g/mol. The second kappa shape index (κ2) is 4.67. The lowest BCUT2D eigenvalue weighted by molar-refractivity contribution is -0.111. The van der Waals surface area contributed by atoms with E-state index in [4.69, 9.17) is 0 Å². The lowest BCUT2D eigenvalue weighted by atomic mass is 10.2. The molecule has 4 heteroatoms. The number of carbonyl (C=O) groups excluding carboxylic acids is 1. The van der Waals surface area contributed by atoms with Gasteiger partial charge in [0.1, 0.15) is 0 Å². The maximum absolute atomic E-state index is 11.6. The third-order valence-electron chi connectivity index (χ3n) is 2.18. The fourth-order valence-electron chi connectivity index (χ4n) is 1.56. The second-order valence-electron chi connectivity index (χ2n) is 4.13. The van der Waals surface area contributed by atoms with Crippen LogP contribution in [0.3, 0.4) is 0 Å². The van der Waals surface area contributed by atoms with Gasteiger partial charge in [-0.15, -0.1) is 11.3 Å². The van der Waals surface area contributed by atoms with Crippen LogP contribution in [0.25, 0.3) is 10.2 Å². The molecule has 0 fully saturated rings. The smallest absolute Gasteiger partial charge is 0.248 e. The standard InChI is InChI=1S/C13H14N2OS/c1-8(2)6-13(16)15-10-4-5-11-12(7-10)17-9(3)14-11/h4-7H,1-3H3,(H,15,16). The van der Waals surface area contributed by atoms with E-state index < -0.39 is 0 Å². The minimum Gasteiger partial charge on any atom is -0.322 e. The number of anilines is 1. The number of fused-ring (bicyclic) bond motifs is 1. The van der Waals surface area contributed by atoms with Crippen LogP contribution in [-0.4, -0.2) is 10.9 Å². The molecule has 0 spiro atoms. The number of thiazole rings is 1. The molecule has 1 aromatic carbocycles. The third-order valence-corrected chi connectivity index (χ3v) is 3.12. The molecule has 1 N–H and O–H groups in total. The number of carbonyl (C=O) groups is 1. The lowest BCUT2D eigenvalue weighted by Crippen LogP contribution is -2.08. The van der Waals surface area contributed by atoms with Gasteiger partial charge in [-0.3, -0.25) is 4.79 Å². The molecule has 0 aliphatic carbocycles. The summed E-state index contributed by atoms with van der Waals surface area (Å²) in [6.45, 7) is 5.77. The fourth-order valence-corrected chi connectivity index (χ4v) is 2.42. The zero-order valence-corrected chi connectivity index (χ0v) is 10.9. The first-order valence-electron chi connectivity index (χ1n) is 5.37. The second-order valence-corrected chi connectivity index (χ2v) is 5.36. The lowest BCUT2D eigenvalue weighted by Gasteiger charge is -2.01. The van der Waals surface area contributed by atoms with Crippen molar-refractivity contribution in [3.8, 4) is 0 Å². The Morgan fingerprint density at radius 2 is 2.18 bits per heavy atom. The molecule has 1 amide bonds. The highest BCUT2D eigenvalue weighted by atomic mass is 32.1. The Kier molecular flexibility index (Phi) is 3.24. The summed E-state index contributed by atoms with van der Waals surface area (Å²) in [7, 11) is 0. The number of nitrogens with zero attached hydrogens (tertiary/aromatic N) is 1. The van der Waals surface area contributed by atoms with Gasteiger partial charge in [0.05, 0.1) is 15.2 Å². The van der Waals surface area contributed by atoms with Crippen LogP contribution in [0.4, 0.5) is 5.69 Å². The number of rotatable bonds is 2. The van der Waals surface area contributed by atoms with Crippen molar-refractivity contribution in [3.05, 3.63) is 34.9 Å². The molecular formula is C13H14N2OS. The molecule has 0 saturated carbocycles. The topological polar surface area (TPSA) is 42.0 Å². The molecule has 0 unspecified atom stereocenters. The van der Waals surface area contributed by atoms with Gasteiger partial charge in [-0.2, -0.15) is 0 Å². The van der Waals surface area contributed by atoms with Crippen molar-refractivity contribution < 1.29 is 4.79 Å². The quantitative estimate of drug-likeness (QED) is 0.824. The molecule has 0 atom stereocenters. The number of allylic oxidation sites excluding steroid dienone is 1. The number of amides is 1. The predicted molar refractivity (Wildman–Crippen MR) is 72.4 cm³/mol. The minimum absolute atomic E-state index is 0.0920. The van der Waals surface area contributed by atoms with Crippen LogP contribution in [0, 0.1) is 6.92 Å². The highest BCUT2D eigenvalue weighted by Gasteiger charge is 2.03. The van der Waals surface area contributed by atoms with Crippen LogP contribution < -0.4 is 5.32 Å². The van der Waals surface area contributed by atoms with Gasteiger partial charge < -0.3 is 5.32 Å². The van der Waals surface area contributed by atoms with Crippen molar-refractivity contribution in [3.63, 3.8) is 0 Å². The van der Waals surface area contributed by atoms with E-state index in [1.54, 1.807) is 17.4 Å². The zero-order chi connectivity index (χ0) is 12.4. The highest BCUT2D eigenvalue weighted by Crippen LogP contribution is 2.24. The number of hydrogen-bond acceptors (Lipinski definition) is 3. The molecule has 1 aromatic heterocycles. The summed E-state index contributed by atoms with van der Waals surface area (Å²) in [6.07, 6.45) is 1.59. The van der Waals surface area contributed by atoms with E-state index in [1.165, 1.54) is 0 Å². The van der Waals surface area contributed by atoms with Crippen molar-refractivity contribution in [1.82, 2.24) is 4.98 Å². The Morgan fingerprint density at radius 3 is 2.88 bits per heavy atom. The van der Waals surface area contributed by atoms with E-state index in [1.807, 2.05) is 39.0 Å². The summed E-state index contributed by atoms with van der Waals surface area (Å²) in [4.78, 5) is 15.9. The Bertz CT molecular complexity index is 594. The largest absolute Gasteiger partial charge is 0.322 e. The van der Waals surface area contributed by atoms with Gasteiger partial charge in [0, 0.05) is 11.8 Å². The van der Waals surface area contributed by atoms with Crippen LogP contribution in [0.5, 0.6) is 0 Å². The molecule has 0 bridgehead atoms. The Morgan fingerprint density at radius 1 is 1.41 bits per heavy atom. The fraction of sp³-hybridized carbons (Fsp3) is 0.231. The van der Waals surface area contributed by atoms with Crippen molar-refractivity contribution in [2.24, 2.45) is 0 Å². The SMILES string of the molecule is CC(C)=CC(=O)Nc1ccc2nc(C)sc2c1. The summed E-state index contributed by atoms with van der Waals surface area (Å²) >= 11 is 1.63. The molecule has 2 aromatic rings. The van der Waals surface area contributed by atoms with Crippen molar-refractivity contribution >= 4 is 33.1 Å². The van der Waals surface area contributed by atoms with Crippen molar-refractivity contribution in [1.29, 1.82) is 0 Å². The van der Waals surface area contributed by atoms with E-state index in [-0.39, 0.29) is 5.91 Å². The van der Waals surface area contributed by atoms with Gasteiger partial charge >= 0.3 is 0 Å². The van der Waals surface area contributed by atoms with Gasteiger partial charge in [-0.25, -0.2) is 4.98 Å². The van der Waals surface area contributed by atoms with E-state index in [0.29, 0.717) is 0 Å². The summed E-state index contributed by atoms with van der Waals surface area (Å²) in [5, 5.41) is 3.87. The number of aromatic nitrogens is 1. The number of benzene rings is 1. The molecular weight excluding hydrogens is 232 g/mol. The monoisotopic (exact) mass is 246 g/mol. The Hall–Kier alpha value is -1.68. The molecule has 2 rings (SSSR count). The minimum atomic E-state index is -0.0920. The van der Waals surface area contributed by atoms with Crippen LogP contribution >= 0.6 is 11.3 Å². The van der Waals surface area contributed by atoms with Crippen molar-refractivity contribution in [2.75, 3.05) is 5.32 Å². The first-order chi connectivity index (χ1) is 8.04. The van der Waals surface area contributed by atoms with Crippen LogP contribution in [0.15, 0.2) is 29.8 Å². The van der Waals surface area contributed by atoms with E-state index in [2.05, 4.69) is 10.3 Å². The van der Waals surface area contributed by atoms with Gasteiger partial charge in [0.15, 0.2) is 0 Å². The molecule has 0 saturated heterocycles. The average Bonchev–Trinajstić information content (AvgIpc) is 2.55. The van der Waals surface area contributed by atoms with Gasteiger partial charge in [0.25, 0.3) is 0 Å². The summed E-state index contributed by atoms with van der Waals surface area (Å²) in [5.41, 5.74) is 2.77. The van der Waals surface area contributed by atoms with Gasteiger partial charge in [-0.1, -0.05) is 5.57 Å².